The minimum atomic E-state index is 0.812. The molecule has 0 saturated heterocycles. The predicted octanol–water partition coefficient (Wildman–Crippen LogP) is 1.97. The molecule has 0 fully saturated rings. The first-order valence-electron chi connectivity index (χ1n) is 7.56. The van der Waals surface area contributed by atoms with Crippen LogP contribution in [0.15, 0.2) is 43.0 Å². The molecule has 0 saturated carbocycles. The van der Waals surface area contributed by atoms with Crippen molar-refractivity contribution in [2.75, 3.05) is 0 Å². The summed E-state index contributed by atoms with van der Waals surface area (Å²) in [6, 6.07) is 4.02. The molecule has 4 aromatic heterocycles. The van der Waals surface area contributed by atoms with E-state index in [0.717, 1.165) is 44.0 Å². The Kier molecular flexibility index (Phi) is 3.35. The van der Waals surface area contributed by atoms with Crippen LogP contribution in [0.4, 0.5) is 0 Å². The third-order valence-corrected chi connectivity index (χ3v) is 4.03. The predicted molar refractivity (Wildman–Crippen MR) is 95.2 cm³/mol. The topological polar surface area (TPSA) is 86.0 Å². The Morgan fingerprint density at radius 1 is 1.29 bits per heavy atom. The minimum absolute atomic E-state index is 0.812. The molecule has 0 spiro atoms. The molecule has 0 unspecified atom stereocenters. The van der Waals surface area contributed by atoms with E-state index in [0.29, 0.717) is 0 Å². The van der Waals surface area contributed by atoms with Crippen LogP contribution in [0.2, 0.25) is 0 Å². The lowest BCUT2D eigenvalue weighted by Gasteiger charge is -1.91. The fourth-order valence-electron chi connectivity index (χ4n) is 2.61. The van der Waals surface area contributed by atoms with E-state index in [1.807, 2.05) is 31.3 Å². The number of allylic oxidation sites excluding steroid dienone is 2. The van der Waals surface area contributed by atoms with Crippen LogP contribution in [0.1, 0.15) is 12.5 Å². The lowest BCUT2D eigenvalue weighted by Crippen LogP contribution is -2.21. The molecular weight excluding hydrogens is 300 g/mol. The van der Waals surface area contributed by atoms with Gasteiger partial charge >= 0.3 is 0 Å². The van der Waals surface area contributed by atoms with E-state index in [1.165, 1.54) is 0 Å². The van der Waals surface area contributed by atoms with Gasteiger partial charge in [-0.05, 0) is 30.7 Å². The summed E-state index contributed by atoms with van der Waals surface area (Å²) in [5.41, 5.74) is 4.88. The van der Waals surface area contributed by atoms with Gasteiger partial charge in [-0.1, -0.05) is 12.7 Å². The number of H-pyrrole nitrogens is 3. The summed E-state index contributed by atoms with van der Waals surface area (Å²) < 4.78 is 0. The maximum Gasteiger partial charge on any atom is 0.116 e. The van der Waals surface area contributed by atoms with Crippen molar-refractivity contribution in [3.63, 3.8) is 0 Å². The van der Waals surface area contributed by atoms with E-state index in [2.05, 4.69) is 43.0 Å². The number of aromatic nitrogens is 6. The molecule has 4 heterocycles. The van der Waals surface area contributed by atoms with Crippen molar-refractivity contribution in [2.24, 2.45) is 0 Å². The number of hydrogen-bond donors (Lipinski definition) is 3. The first kappa shape index (κ1) is 14.2. The summed E-state index contributed by atoms with van der Waals surface area (Å²) in [6.07, 6.45) is 11.2. The second-order valence-corrected chi connectivity index (χ2v) is 5.61. The highest BCUT2D eigenvalue weighted by Gasteiger charge is 2.07. The van der Waals surface area contributed by atoms with Gasteiger partial charge in [-0.15, -0.1) is 0 Å². The smallest absolute Gasteiger partial charge is 0.116 e. The Morgan fingerprint density at radius 3 is 3.00 bits per heavy atom. The van der Waals surface area contributed by atoms with E-state index in [-0.39, 0.29) is 0 Å². The number of hydrogen-bond acceptors (Lipinski definition) is 3. The summed E-state index contributed by atoms with van der Waals surface area (Å²) in [7, 11) is 0. The first-order chi connectivity index (χ1) is 11.7. The third kappa shape index (κ3) is 2.44. The Balaban J connectivity index is 1.74. The average Bonchev–Trinajstić information content (AvgIpc) is 3.32. The molecular formula is C18H16N6. The third-order valence-electron chi connectivity index (χ3n) is 4.03. The average molecular weight is 316 g/mol. The fourth-order valence-corrected chi connectivity index (χ4v) is 2.61. The highest BCUT2D eigenvalue weighted by Crippen LogP contribution is 2.19. The molecule has 6 heteroatoms. The van der Waals surface area contributed by atoms with Crippen LogP contribution >= 0.6 is 0 Å². The van der Waals surface area contributed by atoms with Crippen molar-refractivity contribution in [3.8, 4) is 11.4 Å². The summed E-state index contributed by atoms with van der Waals surface area (Å²) in [4.78, 5) is 7.45. The molecule has 4 rings (SSSR count). The van der Waals surface area contributed by atoms with E-state index < -0.39 is 0 Å². The first-order valence-corrected chi connectivity index (χ1v) is 7.56. The van der Waals surface area contributed by atoms with Crippen LogP contribution in [0.3, 0.4) is 0 Å². The number of nitrogens with zero attached hydrogens (tertiary/aromatic N) is 3. The van der Waals surface area contributed by atoms with Gasteiger partial charge in [-0.3, -0.25) is 15.2 Å². The number of aromatic amines is 3. The highest BCUT2D eigenvalue weighted by molar-refractivity contribution is 5.84. The molecule has 0 atom stereocenters. The van der Waals surface area contributed by atoms with Crippen LogP contribution in [0.5, 0.6) is 0 Å². The molecule has 0 aliphatic heterocycles. The van der Waals surface area contributed by atoms with Gasteiger partial charge in [-0.2, -0.15) is 10.2 Å². The Hall–Kier alpha value is -3.41. The summed E-state index contributed by atoms with van der Waals surface area (Å²) in [5.74, 6) is 0. The van der Waals surface area contributed by atoms with Gasteiger partial charge in [0.15, 0.2) is 0 Å². The molecule has 4 aromatic rings. The molecule has 118 valence electrons. The molecule has 0 amide bonds. The van der Waals surface area contributed by atoms with Crippen LogP contribution < -0.4 is 10.6 Å². The maximum absolute atomic E-state index is 4.40. The molecule has 0 aliphatic carbocycles. The molecule has 24 heavy (non-hydrogen) atoms. The molecule has 0 bridgehead atoms. The van der Waals surface area contributed by atoms with Crippen molar-refractivity contribution in [3.05, 3.63) is 59.1 Å². The number of rotatable bonds is 3. The summed E-state index contributed by atoms with van der Waals surface area (Å²) in [6.45, 7) is 6.19. The monoisotopic (exact) mass is 316 g/mol. The van der Waals surface area contributed by atoms with E-state index in [4.69, 9.17) is 0 Å². The zero-order chi connectivity index (χ0) is 16.5. The molecule has 0 aliphatic rings. The van der Waals surface area contributed by atoms with E-state index in [1.54, 1.807) is 18.6 Å². The Bertz CT molecular complexity index is 1100. The zero-order valence-corrected chi connectivity index (χ0v) is 13.2. The van der Waals surface area contributed by atoms with Gasteiger partial charge in [0.25, 0.3) is 0 Å². The number of fused-ring (bicyclic) bond motifs is 1. The van der Waals surface area contributed by atoms with Crippen LogP contribution in [0.25, 0.3) is 40.5 Å². The number of pyridine rings is 1. The fraction of sp³-hybridized carbons (Fsp3) is 0.0556. The van der Waals surface area contributed by atoms with Crippen molar-refractivity contribution >= 4 is 29.1 Å². The van der Waals surface area contributed by atoms with Gasteiger partial charge in [0.05, 0.1) is 29.0 Å². The SMILES string of the molecule is C=c1c(-c2cc3ccncc3[nH]2)n[nH]/c1=C/C=C(\C)c1cn[nH]c1. The largest absolute Gasteiger partial charge is 0.352 e. The number of nitrogens with one attached hydrogen (secondary N) is 3. The normalized spacial score (nSPS) is 13.0. The van der Waals surface area contributed by atoms with Gasteiger partial charge < -0.3 is 4.98 Å². The van der Waals surface area contributed by atoms with Crippen LogP contribution in [-0.2, 0) is 0 Å². The van der Waals surface area contributed by atoms with Crippen LogP contribution in [-0.4, -0.2) is 30.4 Å². The van der Waals surface area contributed by atoms with E-state index in [9.17, 15) is 0 Å². The molecule has 0 aromatic carbocycles. The van der Waals surface area contributed by atoms with Crippen LogP contribution in [0, 0.1) is 0 Å². The van der Waals surface area contributed by atoms with Gasteiger partial charge in [-0.25, -0.2) is 0 Å². The second kappa shape index (κ2) is 5.66. The van der Waals surface area contributed by atoms with Gasteiger partial charge in [0.1, 0.15) is 5.69 Å². The maximum atomic E-state index is 4.40. The quantitative estimate of drug-likeness (QED) is 0.540. The molecule has 6 nitrogen and oxygen atoms in total. The standard InChI is InChI=1S/C18H16N6/c1-11(14-8-20-21-9-14)3-4-15-12(2)18(24-23-15)16-7-13-5-6-19-10-17(13)22-16/h3-10,22-23H,2H2,1H3,(H,20,21)/b11-3+,15-4+. The zero-order valence-electron chi connectivity index (χ0n) is 13.2. The Morgan fingerprint density at radius 2 is 2.21 bits per heavy atom. The molecule has 0 radical (unpaired) electrons. The van der Waals surface area contributed by atoms with Crippen molar-refractivity contribution < 1.29 is 0 Å². The summed E-state index contributed by atoms with van der Waals surface area (Å²) in [5, 5.41) is 17.1. The lowest BCUT2D eigenvalue weighted by atomic mass is 10.1. The molecule has 3 N–H and O–H groups in total. The van der Waals surface area contributed by atoms with Crippen molar-refractivity contribution in [1.29, 1.82) is 0 Å². The minimum Gasteiger partial charge on any atom is -0.352 e. The highest BCUT2D eigenvalue weighted by atomic mass is 15.1. The Labute approximate surface area is 137 Å². The second-order valence-electron chi connectivity index (χ2n) is 5.61. The van der Waals surface area contributed by atoms with Crippen molar-refractivity contribution in [1.82, 2.24) is 30.4 Å². The van der Waals surface area contributed by atoms with E-state index >= 15 is 0 Å². The summed E-state index contributed by atoms with van der Waals surface area (Å²) >= 11 is 0. The van der Waals surface area contributed by atoms with Crippen molar-refractivity contribution in [2.45, 2.75) is 6.92 Å². The van der Waals surface area contributed by atoms with Gasteiger partial charge in [0.2, 0.25) is 0 Å². The lowest BCUT2D eigenvalue weighted by molar-refractivity contribution is 1.06. The van der Waals surface area contributed by atoms with Gasteiger partial charge in [0, 0.05) is 28.6 Å².